The second-order valence-corrected chi connectivity index (χ2v) is 5.40. The van der Waals surface area contributed by atoms with Crippen molar-refractivity contribution in [3.63, 3.8) is 0 Å². The molecule has 0 aromatic heterocycles. The summed E-state index contributed by atoms with van der Waals surface area (Å²) in [6.07, 6.45) is 0. The number of piperazine rings is 1. The standard InChI is InChI=1S/C15H24N2/c1-11-7-12(2)15(13(3)8-11)10-17-6-5-16-9-14(17)4/h7-8,14,16H,5-6,9-10H2,1-4H3/t14-/m0/s1. The van der Waals surface area contributed by atoms with Crippen molar-refractivity contribution in [1.82, 2.24) is 10.2 Å². The third-order valence-corrected chi connectivity index (χ3v) is 3.84. The summed E-state index contributed by atoms with van der Waals surface area (Å²) in [5.74, 6) is 0. The number of nitrogens with zero attached hydrogens (tertiary/aromatic N) is 1. The molecule has 17 heavy (non-hydrogen) atoms. The lowest BCUT2D eigenvalue weighted by atomic mass is 9.98. The summed E-state index contributed by atoms with van der Waals surface area (Å²) in [6, 6.07) is 5.24. The van der Waals surface area contributed by atoms with E-state index in [1.54, 1.807) is 0 Å². The van der Waals surface area contributed by atoms with E-state index in [1.807, 2.05) is 0 Å². The van der Waals surface area contributed by atoms with E-state index in [9.17, 15) is 0 Å². The summed E-state index contributed by atoms with van der Waals surface area (Å²) in [6.45, 7) is 13.5. The summed E-state index contributed by atoms with van der Waals surface area (Å²) < 4.78 is 0. The number of aryl methyl sites for hydroxylation is 3. The molecular weight excluding hydrogens is 208 g/mol. The summed E-state index contributed by atoms with van der Waals surface area (Å²) in [5.41, 5.74) is 5.77. The van der Waals surface area contributed by atoms with E-state index in [-0.39, 0.29) is 0 Å². The third kappa shape index (κ3) is 2.88. The summed E-state index contributed by atoms with van der Waals surface area (Å²) in [7, 11) is 0. The minimum absolute atomic E-state index is 0.642. The Morgan fingerprint density at radius 1 is 1.24 bits per heavy atom. The van der Waals surface area contributed by atoms with Crippen molar-refractivity contribution in [2.45, 2.75) is 40.3 Å². The van der Waals surface area contributed by atoms with E-state index in [2.05, 4.69) is 50.0 Å². The van der Waals surface area contributed by atoms with Gasteiger partial charge in [0.25, 0.3) is 0 Å². The number of rotatable bonds is 2. The highest BCUT2D eigenvalue weighted by Gasteiger charge is 2.19. The van der Waals surface area contributed by atoms with Gasteiger partial charge < -0.3 is 5.32 Å². The highest BCUT2D eigenvalue weighted by atomic mass is 15.2. The lowest BCUT2D eigenvalue weighted by Gasteiger charge is -2.34. The van der Waals surface area contributed by atoms with Crippen molar-refractivity contribution >= 4 is 0 Å². The molecule has 0 amide bonds. The average Bonchev–Trinajstić information content (AvgIpc) is 2.25. The first-order valence-electron chi connectivity index (χ1n) is 6.59. The largest absolute Gasteiger partial charge is 0.314 e. The lowest BCUT2D eigenvalue weighted by molar-refractivity contribution is 0.165. The Kier molecular flexibility index (Phi) is 3.85. The van der Waals surface area contributed by atoms with Crippen LogP contribution in [-0.4, -0.2) is 30.6 Å². The summed E-state index contributed by atoms with van der Waals surface area (Å²) in [4.78, 5) is 2.58. The number of hydrogen-bond donors (Lipinski definition) is 1. The zero-order valence-corrected chi connectivity index (χ0v) is 11.5. The number of benzene rings is 1. The van der Waals surface area contributed by atoms with Crippen molar-refractivity contribution in [2.75, 3.05) is 19.6 Å². The van der Waals surface area contributed by atoms with Crippen LogP contribution in [0.1, 0.15) is 29.2 Å². The molecule has 1 atom stereocenters. The van der Waals surface area contributed by atoms with Crippen LogP contribution in [0.3, 0.4) is 0 Å². The molecule has 94 valence electrons. The molecule has 1 aliphatic heterocycles. The molecule has 1 fully saturated rings. The fourth-order valence-corrected chi connectivity index (χ4v) is 2.78. The minimum atomic E-state index is 0.642. The molecule has 2 nitrogen and oxygen atoms in total. The van der Waals surface area contributed by atoms with E-state index < -0.39 is 0 Å². The Labute approximate surface area is 105 Å². The second kappa shape index (κ2) is 5.19. The predicted octanol–water partition coefficient (Wildman–Crippen LogP) is 2.41. The second-order valence-electron chi connectivity index (χ2n) is 5.40. The lowest BCUT2D eigenvalue weighted by Crippen LogP contribution is -2.49. The first-order chi connectivity index (χ1) is 8.08. The topological polar surface area (TPSA) is 15.3 Å². The molecule has 0 radical (unpaired) electrons. The van der Waals surface area contributed by atoms with Crippen LogP contribution >= 0.6 is 0 Å². The van der Waals surface area contributed by atoms with E-state index >= 15 is 0 Å². The van der Waals surface area contributed by atoms with Gasteiger partial charge in [-0.05, 0) is 44.4 Å². The Morgan fingerprint density at radius 3 is 2.47 bits per heavy atom. The molecule has 0 bridgehead atoms. The normalized spacial score (nSPS) is 21.8. The van der Waals surface area contributed by atoms with Gasteiger partial charge in [0.1, 0.15) is 0 Å². The Morgan fingerprint density at radius 2 is 1.88 bits per heavy atom. The van der Waals surface area contributed by atoms with Crippen LogP contribution in [0.25, 0.3) is 0 Å². The van der Waals surface area contributed by atoms with Crippen molar-refractivity contribution in [2.24, 2.45) is 0 Å². The maximum absolute atomic E-state index is 3.45. The van der Waals surface area contributed by atoms with Crippen LogP contribution < -0.4 is 5.32 Å². The minimum Gasteiger partial charge on any atom is -0.314 e. The van der Waals surface area contributed by atoms with Gasteiger partial charge in [0.15, 0.2) is 0 Å². The van der Waals surface area contributed by atoms with Crippen molar-refractivity contribution in [3.8, 4) is 0 Å². The van der Waals surface area contributed by atoms with Crippen LogP contribution in [0, 0.1) is 20.8 Å². The van der Waals surface area contributed by atoms with Crippen molar-refractivity contribution in [3.05, 3.63) is 34.4 Å². The molecule has 0 spiro atoms. The van der Waals surface area contributed by atoms with Crippen LogP contribution in [0.4, 0.5) is 0 Å². The molecule has 0 aliphatic carbocycles. The smallest absolute Gasteiger partial charge is 0.0242 e. The average molecular weight is 232 g/mol. The fourth-order valence-electron chi connectivity index (χ4n) is 2.78. The van der Waals surface area contributed by atoms with Crippen LogP contribution in [0.15, 0.2) is 12.1 Å². The molecule has 2 rings (SSSR count). The molecule has 1 saturated heterocycles. The third-order valence-electron chi connectivity index (χ3n) is 3.84. The van der Waals surface area contributed by atoms with E-state index in [0.717, 1.165) is 26.2 Å². The van der Waals surface area contributed by atoms with Gasteiger partial charge in [-0.1, -0.05) is 17.7 Å². The van der Waals surface area contributed by atoms with Gasteiger partial charge in [-0.15, -0.1) is 0 Å². The zero-order chi connectivity index (χ0) is 12.4. The summed E-state index contributed by atoms with van der Waals surface area (Å²) >= 11 is 0. The molecule has 2 heteroatoms. The number of nitrogens with one attached hydrogen (secondary N) is 1. The van der Waals surface area contributed by atoms with Gasteiger partial charge in [0, 0.05) is 32.2 Å². The highest BCUT2D eigenvalue weighted by molar-refractivity contribution is 5.37. The van der Waals surface area contributed by atoms with Gasteiger partial charge in [-0.2, -0.15) is 0 Å². The quantitative estimate of drug-likeness (QED) is 0.842. The molecule has 1 heterocycles. The van der Waals surface area contributed by atoms with Crippen LogP contribution in [0.2, 0.25) is 0 Å². The molecule has 0 saturated carbocycles. The molecule has 1 aliphatic rings. The van der Waals surface area contributed by atoms with Crippen molar-refractivity contribution in [1.29, 1.82) is 0 Å². The van der Waals surface area contributed by atoms with Crippen molar-refractivity contribution < 1.29 is 0 Å². The molecule has 1 aromatic carbocycles. The highest BCUT2D eigenvalue weighted by Crippen LogP contribution is 2.19. The van der Waals surface area contributed by atoms with Gasteiger partial charge in [-0.25, -0.2) is 0 Å². The number of hydrogen-bond acceptors (Lipinski definition) is 2. The van der Waals surface area contributed by atoms with Gasteiger partial charge in [0.2, 0.25) is 0 Å². The van der Waals surface area contributed by atoms with E-state index in [0.29, 0.717) is 6.04 Å². The van der Waals surface area contributed by atoms with E-state index in [1.165, 1.54) is 22.3 Å². The maximum atomic E-state index is 3.45. The Bertz CT molecular complexity index is 375. The molecule has 1 N–H and O–H groups in total. The first kappa shape index (κ1) is 12.6. The molecule has 1 aromatic rings. The fraction of sp³-hybridized carbons (Fsp3) is 0.600. The Balaban J connectivity index is 2.17. The summed E-state index contributed by atoms with van der Waals surface area (Å²) in [5, 5.41) is 3.45. The molecular formula is C15H24N2. The van der Waals surface area contributed by atoms with Crippen LogP contribution in [-0.2, 0) is 6.54 Å². The first-order valence-corrected chi connectivity index (χ1v) is 6.59. The predicted molar refractivity (Wildman–Crippen MR) is 73.4 cm³/mol. The molecule has 0 unspecified atom stereocenters. The van der Waals surface area contributed by atoms with Gasteiger partial charge in [-0.3, -0.25) is 4.90 Å². The zero-order valence-electron chi connectivity index (χ0n) is 11.5. The Hall–Kier alpha value is -0.860. The van der Waals surface area contributed by atoms with Gasteiger partial charge in [0.05, 0.1) is 0 Å². The van der Waals surface area contributed by atoms with Gasteiger partial charge >= 0.3 is 0 Å². The van der Waals surface area contributed by atoms with E-state index in [4.69, 9.17) is 0 Å². The van der Waals surface area contributed by atoms with Crippen LogP contribution in [0.5, 0.6) is 0 Å². The monoisotopic (exact) mass is 232 g/mol. The SMILES string of the molecule is Cc1cc(C)c(CN2CCNC[C@@H]2C)c(C)c1. The maximum Gasteiger partial charge on any atom is 0.0242 e.